The Morgan fingerprint density at radius 2 is 1.96 bits per heavy atom. The van der Waals surface area contributed by atoms with Crippen LogP contribution in [0.1, 0.15) is 21.5 Å². The van der Waals surface area contributed by atoms with E-state index in [1.165, 1.54) is 19.2 Å². The molecule has 2 aromatic carbocycles. The van der Waals surface area contributed by atoms with Crippen molar-refractivity contribution in [1.82, 2.24) is 10.3 Å². The van der Waals surface area contributed by atoms with Gasteiger partial charge in [0.25, 0.3) is 5.91 Å². The first kappa shape index (κ1) is 17.4. The number of nitrogens with zero attached hydrogens (tertiary/aromatic N) is 1. The Labute approximate surface area is 153 Å². The molecule has 128 valence electrons. The van der Waals surface area contributed by atoms with Crippen LogP contribution in [0.15, 0.2) is 46.9 Å². The van der Waals surface area contributed by atoms with Gasteiger partial charge in [-0.2, -0.15) is 0 Å². The molecule has 0 saturated heterocycles. The molecule has 0 unspecified atom stereocenters. The van der Waals surface area contributed by atoms with E-state index in [-0.39, 0.29) is 17.6 Å². The van der Waals surface area contributed by atoms with Crippen LogP contribution >= 0.6 is 15.9 Å². The molecule has 25 heavy (non-hydrogen) atoms. The van der Waals surface area contributed by atoms with Crippen molar-refractivity contribution in [3.63, 3.8) is 0 Å². The lowest BCUT2D eigenvalue weighted by atomic mass is 10.0. The number of rotatable bonds is 4. The third kappa shape index (κ3) is 3.64. The number of amides is 1. The third-order valence-corrected chi connectivity index (χ3v) is 4.45. The predicted octanol–water partition coefficient (Wildman–Crippen LogP) is 4.38. The summed E-state index contributed by atoms with van der Waals surface area (Å²) in [5, 5.41) is 3.72. The molecular weight excluding hydrogens is 387 g/mol. The van der Waals surface area contributed by atoms with Crippen LogP contribution in [0, 0.1) is 12.7 Å². The molecule has 0 bridgehead atoms. The molecular formula is C19H16BrFN2O2. The molecule has 0 atom stereocenters. The van der Waals surface area contributed by atoms with Crippen molar-refractivity contribution in [2.24, 2.45) is 0 Å². The van der Waals surface area contributed by atoms with E-state index in [9.17, 15) is 9.18 Å². The quantitative estimate of drug-likeness (QED) is 0.704. The van der Waals surface area contributed by atoms with Crippen molar-refractivity contribution in [2.75, 3.05) is 7.11 Å². The number of pyridine rings is 1. The van der Waals surface area contributed by atoms with Crippen LogP contribution < -0.4 is 10.1 Å². The van der Waals surface area contributed by atoms with E-state index in [2.05, 4.69) is 26.2 Å². The third-order valence-electron chi connectivity index (χ3n) is 3.96. The fourth-order valence-corrected chi connectivity index (χ4v) is 3.01. The van der Waals surface area contributed by atoms with Crippen LogP contribution in [0.2, 0.25) is 0 Å². The second kappa shape index (κ2) is 7.19. The van der Waals surface area contributed by atoms with Crippen molar-refractivity contribution in [1.29, 1.82) is 0 Å². The zero-order chi connectivity index (χ0) is 18.0. The Morgan fingerprint density at radius 3 is 2.64 bits per heavy atom. The summed E-state index contributed by atoms with van der Waals surface area (Å²) in [5.41, 5.74) is 2.76. The first-order valence-corrected chi connectivity index (χ1v) is 8.45. The topological polar surface area (TPSA) is 51.2 Å². The molecule has 3 aromatic rings. The van der Waals surface area contributed by atoms with E-state index in [0.29, 0.717) is 12.1 Å². The van der Waals surface area contributed by atoms with Crippen LogP contribution in [0.25, 0.3) is 10.9 Å². The number of methoxy groups -OCH3 is 1. The van der Waals surface area contributed by atoms with Gasteiger partial charge in [-0.25, -0.2) is 9.37 Å². The van der Waals surface area contributed by atoms with Crippen molar-refractivity contribution in [2.45, 2.75) is 13.5 Å². The number of nitrogens with one attached hydrogen (secondary N) is 1. The normalized spacial score (nSPS) is 10.7. The molecule has 0 aliphatic heterocycles. The minimum atomic E-state index is -0.308. The predicted molar refractivity (Wildman–Crippen MR) is 98.3 cm³/mol. The van der Waals surface area contributed by atoms with Gasteiger partial charge in [-0.05, 0) is 42.3 Å². The van der Waals surface area contributed by atoms with E-state index in [4.69, 9.17) is 4.74 Å². The molecule has 4 nitrogen and oxygen atoms in total. The number of benzene rings is 2. The van der Waals surface area contributed by atoms with Crippen molar-refractivity contribution < 1.29 is 13.9 Å². The van der Waals surface area contributed by atoms with Gasteiger partial charge in [0, 0.05) is 16.4 Å². The zero-order valence-corrected chi connectivity index (χ0v) is 15.4. The lowest BCUT2D eigenvalue weighted by Gasteiger charge is -2.14. The molecule has 0 aliphatic carbocycles. The highest BCUT2D eigenvalue weighted by Crippen LogP contribution is 2.29. The van der Waals surface area contributed by atoms with E-state index >= 15 is 0 Å². The number of carbonyl (C=O) groups is 1. The number of aryl methyl sites for hydroxylation is 1. The fourth-order valence-electron chi connectivity index (χ4n) is 2.66. The van der Waals surface area contributed by atoms with Gasteiger partial charge >= 0.3 is 0 Å². The lowest BCUT2D eigenvalue weighted by molar-refractivity contribution is 0.0946. The Hall–Kier alpha value is -2.47. The molecule has 1 N–H and O–H groups in total. The van der Waals surface area contributed by atoms with Gasteiger partial charge in [0.15, 0.2) is 0 Å². The molecule has 1 amide bonds. The van der Waals surface area contributed by atoms with E-state index in [0.717, 1.165) is 26.5 Å². The highest BCUT2D eigenvalue weighted by atomic mass is 79.9. The van der Waals surface area contributed by atoms with Crippen LogP contribution in [0.3, 0.4) is 0 Å². The summed E-state index contributed by atoms with van der Waals surface area (Å²) < 4.78 is 19.2. The molecule has 0 saturated carbocycles. The fraction of sp³-hybridized carbons (Fsp3) is 0.158. The molecule has 1 aromatic heterocycles. The van der Waals surface area contributed by atoms with Crippen LogP contribution in [0.5, 0.6) is 5.88 Å². The van der Waals surface area contributed by atoms with Gasteiger partial charge in [0.2, 0.25) is 5.88 Å². The smallest absolute Gasteiger partial charge is 0.257 e. The Kier molecular flexibility index (Phi) is 4.99. The van der Waals surface area contributed by atoms with Gasteiger partial charge in [0.05, 0.1) is 12.6 Å². The minimum absolute atomic E-state index is 0.278. The average molecular weight is 403 g/mol. The van der Waals surface area contributed by atoms with Crippen LogP contribution in [-0.2, 0) is 6.54 Å². The highest BCUT2D eigenvalue weighted by molar-refractivity contribution is 9.10. The summed E-state index contributed by atoms with van der Waals surface area (Å²) in [6.45, 7) is 2.16. The first-order valence-electron chi connectivity index (χ1n) is 7.66. The number of fused-ring (bicyclic) bond motifs is 1. The van der Waals surface area contributed by atoms with E-state index < -0.39 is 0 Å². The van der Waals surface area contributed by atoms with Gasteiger partial charge < -0.3 is 10.1 Å². The summed E-state index contributed by atoms with van der Waals surface area (Å²) in [6.07, 6.45) is 0. The Morgan fingerprint density at radius 1 is 1.24 bits per heavy atom. The number of carbonyl (C=O) groups excluding carboxylic acids is 1. The molecule has 0 spiro atoms. The number of hydrogen-bond acceptors (Lipinski definition) is 3. The highest BCUT2D eigenvalue weighted by Gasteiger charge is 2.19. The summed E-state index contributed by atoms with van der Waals surface area (Å²) in [7, 11) is 1.49. The summed E-state index contributed by atoms with van der Waals surface area (Å²) in [4.78, 5) is 17.1. The number of aromatic nitrogens is 1. The van der Waals surface area contributed by atoms with Crippen LogP contribution in [0.4, 0.5) is 4.39 Å². The molecule has 3 rings (SSSR count). The maximum Gasteiger partial charge on any atom is 0.257 e. The largest absolute Gasteiger partial charge is 0.480 e. The Balaban J connectivity index is 1.93. The van der Waals surface area contributed by atoms with E-state index in [1.807, 2.05) is 25.1 Å². The Bertz CT molecular complexity index is 942. The lowest BCUT2D eigenvalue weighted by Crippen LogP contribution is -2.24. The van der Waals surface area contributed by atoms with Gasteiger partial charge in [0.1, 0.15) is 11.4 Å². The molecule has 0 radical (unpaired) electrons. The summed E-state index contributed by atoms with van der Waals surface area (Å²) in [6, 6.07) is 11.7. The van der Waals surface area contributed by atoms with E-state index in [1.54, 1.807) is 12.1 Å². The second-order valence-corrected chi connectivity index (χ2v) is 6.51. The molecule has 1 heterocycles. The molecule has 0 fully saturated rings. The monoisotopic (exact) mass is 402 g/mol. The van der Waals surface area contributed by atoms with Crippen molar-refractivity contribution >= 4 is 32.7 Å². The molecule has 6 heteroatoms. The average Bonchev–Trinajstić information content (AvgIpc) is 2.60. The minimum Gasteiger partial charge on any atom is -0.480 e. The van der Waals surface area contributed by atoms with Crippen LogP contribution in [-0.4, -0.2) is 18.0 Å². The zero-order valence-electron chi connectivity index (χ0n) is 13.8. The maximum atomic E-state index is 13.0. The van der Waals surface area contributed by atoms with Crippen molar-refractivity contribution in [3.8, 4) is 5.88 Å². The number of ether oxygens (including phenoxy) is 1. The summed E-state index contributed by atoms with van der Waals surface area (Å²) >= 11 is 3.42. The second-order valence-electron chi connectivity index (χ2n) is 5.59. The molecule has 0 aliphatic rings. The standard InChI is InChI=1S/C19H16BrFN2O2/c1-11-15-8-5-13(20)9-16(15)23-19(25-2)17(11)18(24)22-10-12-3-6-14(21)7-4-12/h3-9H,10H2,1-2H3,(H,22,24). The summed E-state index contributed by atoms with van der Waals surface area (Å²) in [5.74, 6) is -0.312. The number of halogens is 2. The van der Waals surface area contributed by atoms with Gasteiger partial charge in [-0.15, -0.1) is 0 Å². The maximum absolute atomic E-state index is 13.0. The van der Waals surface area contributed by atoms with Gasteiger partial charge in [-0.3, -0.25) is 4.79 Å². The first-order chi connectivity index (χ1) is 12.0. The SMILES string of the molecule is COc1nc2cc(Br)ccc2c(C)c1C(=O)NCc1ccc(F)cc1. The number of hydrogen-bond donors (Lipinski definition) is 1. The van der Waals surface area contributed by atoms with Gasteiger partial charge in [-0.1, -0.05) is 34.1 Å². The van der Waals surface area contributed by atoms with Crippen molar-refractivity contribution in [3.05, 3.63) is 69.4 Å².